The van der Waals surface area contributed by atoms with Crippen LogP contribution in [-0.4, -0.2) is 13.7 Å². The van der Waals surface area contributed by atoms with Crippen molar-refractivity contribution in [1.29, 1.82) is 0 Å². The van der Waals surface area contributed by atoms with E-state index in [0.717, 1.165) is 29.7 Å². The van der Waals surface area contributed by atoms with Gasteiger partial charge in [0.2, 0.25) is 0 Å². The van der Waals surface area contributed by atoms with Gasteiger partial charge in [0.25, 0.3) is 0 Å². The lowest BCUT2D eigenvalue weighted by molar-refractivity contribution is 0.288. The summed E-state index contributed by atoms with van der Waals surface area (Å²) < 4.78 is 6.86. The Morgan fingerprint density at radius 2 is 2.05 bits per heavy atom. The van der Waals surface area contributed by atoms with E-state index in [1.54, 1.807) is 0 Å². The van der Waals surface area contributed by atoms with E-state index in [1.807, 2.05) is 7.05 Å². The van der Waals surface area contributed by atoms with Crippen molar-refractivity contribution in [1.82, 2.24) is 5.32 Å². The quantitative estimate of drug-likeness (QED) is 0.890. The molecule has 3 heteroatoms. The Labute approximate surface area is 134 Å². The summed E-state index contributed by atoms with van der Waals surface area (Å²) in [6, 6.07) is 13.3. The molecule has 21 heavy (non-hydrogen) atoms. The summed E-state index contributed by atoms with van der Waals surface area (Å²) in [4.78, 5) is 0. The summed E-state index contributed by atoms with van der Waals surface area (Å²) in [6.45, 7) is 2.95. The number of nitrogens with one attached hydrogen (secondary N) is 1. The predicted molar refractivity (Wildman–Crippen MR) is 90.0 cm³/mol. The number of hydrogen-bond donors (Lipinski definition) is 1. The molecule has 1 aliphatic heterocycles. The smallest absolute Gasteiger partial charge is 0.122 e. The Kier molecular flexibility index (Phi) is 4.32. The van der Waals surface area contributed by atoms with Gasteiger partial charge >= 0.3 is 0 Å². The van der Waals surface area contributed by atoms with Crippen LogP contribution in [0.4, 0.5) is 0 Å². The number of benzene rings is 2. The summed E-state index contributed by atoms with van der Waals surface area (Å²) in [7, 11) is 2.01. The molecule has 0 bridgehead atoms. The van der Waals surface area contributed by atoms with E-state index in [4.69, 9.17) is 4.74 Å². The number of fused-ring (bicyclic) bond motifs is 1. The molecule has 0 fully saturated rings. The summed E-state index contributed by atoms with van der Waals surface area (Å²) >= 11 is 3.70. The number of ether oxygens (including phenoxy) is 1. The van der Waals surface area contributed by atoms with Crippen molar-refractivity contribution >= 4 is 15.9 Å². The highest BCUT2D eigenvalue weighted by Crippen LogP contribution is 2.33. The lowest BCUT2D eigenvalue weighted by Gasteiger charge is -2.23. The second-order valence-electron chi connectivity index (χ2n) is 5.57. The minimum absolute atomic E-state index is 0.187. The molecule has 1 atom stereocenters. The average molecular weight is 346 g/mol. The lowest BCUT2D eigenvalue weighted by Crippen LogP contribution is -2.19. The molecule has 0 aromatic heterocycles. The highest BCUT2D eigenvalue weighted by atomic mass is 79.9. The maximum absolute atomic E-state index is 5.71. The maximum atomic E-state index is 5.71. The van der Waals surface area contributed by atoms with Gasteiger partial charge in [-0.1, -0.05) is 40.2 Å². The van der Waals surface area contributed by atoms with E-state index < -0.39 is 0 Å². The molecule has 0 radical (unpaired) electrons. The zero-order valence-corrected chi connectivity index (χ0v) is 14.0. The lowest BCUT2D eigenvalue weighted by atomic mass is 9.94. The first-order chi connectivity index (χ1) is 10.2. The molecule has 0 amide bonds. The molecule has 2 aromatic carbocycles. The van der Waals surface area contributed by atoms with E-state index in [0.29, 0.717) is 0 Å². The fourth-order valence-electron chi connectivity index (χ4n) is 2.93. The zero-order chi connectivity index (χ0) is 14.8. The number of hydrogen-bond acceptors (Lipinski definition) is 2. The molecule has 0 saturated heterocycles. The second-order valence-corrected chi connectivity index (χ2v) is 6.42. The molecule has 1 unspecified atom stereocenters. The van der Waals surface area contributed by atoms with Gasteiger partial charge in [0, 0.05) is 4.47 Å². The van der Waals surface area contributed by atoms with Gasteiger partial charge < -0.3 is 10.1 Å². The van der Waals surface area contributed by atoms with Crippen molar-refractivity contribution in [2.45, 2.75) is 25.8 Å². The van der Waals surface area contributed by atoms with Crippen LogP contribution < -0.4 is 10.1 Å². The van der Waals surface area contributed by atoms with Crippen LogP contribution in [-0.2, 0) is 6.42 Å². The third kappa shape index (κ3) is 2.99. The van der Waals surface area contributed by atoms with Crippen LogP contribution in [0.3, 0.4) is 0 Å². The van der Waals surface area contributed by atoms with Crippen LogP contribution in [0.2, 0.25) is 0 Å². The maximum Gasteiger partial charge on any atom is 0.122 e. The second kappa shape index (κ2) is 6.20. The van der Waals surface area contributed by atoms with Crippen molar-refractivity contribution in [3.8, 4) is 5.75 Å². The Morgan fingerprint density at radius 3 is 2.81 bits per heavy atom. The predicted octanol–water partition coefficient (Wildman–Crippen LogP) is 4.39. The molecule has 0 spiro atoms. The first-order valence-corrected chi connectivity index (χ1v) is 8.17. The Hall–Kier alpha value is -1.32. The van der Waals surface area contributed by atoms with Crippen LogP contribution in [0.15, 0.2) is 40.9 Å². The zero-order valence-electron chi connectivity index (χ0n) is 12.4. The van der Waals surface area contributed by atoms with Crippen molar-refractivity contribution in [2.75, 3.05) is 13.7 Å². The fourth-order valence-corrected chi connectivity index (χ4v) is 3.65. The molecule has 1 heterocycles. The van der Waals surface area contributed by atoms with E-state index in [9.17, 15) is 0 Å². The summed E-state index contributed by atoms with van der Waals surface area (Å²) in [5.74, 6) is 1.04. The third-order valence-electron chi connectivity index (χ3n) is 4.02. The van der Waals surface area contributed by atoms with Gasteiger partial charge in [-0.2, -0.15) is 0 Å². The number of aryl methyl sites for hydroxylation is 2. The first kappa shape index (κ1) is 14.6. The highest BCUT2D eigenvalue weighted by molar-refractivity contribution is 9.10. The van der Waals surface area contributed by atoms with E-state index in [2.05, 4.69) is 64.6 Å². The normalized spacial score (nSPS) is 15.2. The van der Waals surface area contributed by atoms with Crippen LogP contribution in [0.1, 0.15) is 34.7 Å². The molecule has 3 rings (SSSR count). The minimum atomic E-state index is 0.187. The SMILES string of the molecule is CNC(c1ccc2c(c1)CCCO2)c1ccc(C)cc1Br. The fraction of sp³-hybridized carbons (Fsp3) is 0.333. The summed E-state index contributed by atoms with van der Waals surface area (Å²) in [5, 5.41) is 3.43. The van der Waals surface area contributed by atoms with Crippen LogP contribution in [0, 0.1) is 6.92 Å². The molecular formula is C18H20BrNO. The Morgan fingerprint density at radius 1 is 1.19 bits per heavy atom. The molecule has 2 nitrogen and oxygen atoms in total. The molecular weight excluding hydrogens is 326 g/mol. The Balaban J connectivity index is 1.99. The first-order valence-electron chi connectivity index (χ1n) is 7.38. The molecule has 0 aliphatic carbocycles. The van der Waals surface area contributed by atoms with Gasteiger partial charge in [-0.25, -0.2) is 0 Å². The molecule has 2 aromatic rings. The highest BCUT2D eigenvalue weighted by Gasteiger charge is 2.18. The van der Waals surface area contributed by atoms with Gasteiger partial charge in [0.05, 0.1) is 12.6 Å². The van der Waals surface area contributed by atoms with Gasteiger partial charge in [0.1, 0.15) is 5.75 Å². The van der Waals surface area contributed by atoms with Crippen molar-refractivity contribution in [3.05, 3.63) is 63.1 Å². The number of rotatable bonds is 3. The van der Waals surface area contributed by atoms with Crippen molar-refractivity contribution < 1.29 is 4.74 Å². The largest absolute Gasteiger partial charge is 0.493 e. The molecule has 1 aliphatic rings. The van der Waals surface area contributed by atoms with Crippen LogP contribution in [0.5, 0.6) is 5.75 Å². The summed E-state index contributed by atoms with van der Waals surface area (Å²) in [5.41, 5.74) is 5.13. The monoisotopic (exact) mass is 345 g/mol. The molecule has 1 N–H and O–H groups in total. The van der Waals surface area contributed by atoms with Gasteiger partial charge in [-0.05, 0) is 61.2 Å². The third-order valence-corrected chi connectivity index (χ3v) is 4.71. The van der Waals surface area contributed by atoms with E-state index in [1.165, 1.54) is 22.3 Å². The molecule has 110 valence electrons. The van der Waals surface area contributed by atoms with Crippen LogP contribution in [0.25, 0.3) is 0 Å². The van der Waals surface area contributed by atoms with Gasteiger partial charge in [-0.3, -0.25) is 0 Å². The van der Waals surface area contributed by atoms with Gasteiger partial charge in [0.15, 0.2) is 0 Å². The Bertz CT molecular complexity index is 654. The summed E-state index contributed by atoms with van der Waals surface area (Å²) in [6.07, 6.45) is 2.21. The topological polar surface area (TPSA) is 21.3 Å². The van der Waals surface area contributed by atoms with Gasteiger partial charge in [-0.15, -0.1) is 0 Å². The minimum Gasteiger partial charge on any atom is -0.493 e. The van der Waals surface area contributed by atoms with Crippen LogP contribution >= 0.6 is 15.9 Å². The van der Waals surface area contributed by atoms with Crippen molar-refractivity contribution in [3.63, 3.8) is 0 Å². The number of halogens is 1. The molecule has 0 saturated carbocycles. The standard InChI is InChI=1S/C18H20BrNO/c1-12-5-7-15(16(19)10-12)18(20-2)14-6-8-17-13(11-14)4-3-9-21-17/h5-8,10-11,18,20H,3-4,9H2,1-2H3. The van der Waals surface area contributed by atoms with Crippen molar-refractivity contribution in [2.24, 2.45) is 0 Å². The average Bonchev–Trinajstić information content (AvgIpc) is 2.50. The van der Waals surface area contributed by atoms with E-state index >= 15 is 0 Å². The van der Waals surface area contributed by atoms with E-state index in [-0.39, 0.29) is 6.04 Å².